The van der Waals surface area contributed by atoms with Crippen LogP contribution in [-0.4, -0.2) is 6.04 Å². The molecule has 1 rings (SSSR count). The van der Waals surface area contributed by atoms with Crippen molar-refractivity contribution in [1.29, 1.82) is 0 Å². The molecule has 1 unspecified atom stereocenters. The largest absolute Gasteiger partial charge is 0.381 e. The van der Waals surface area contributed by atoms with Crippen LogP contribution in [0.25, 0.3) is 0 Å². The van der Waals surface area contributed by atoms with Gasteiger partial charge in [-0.3, -0.25) is 0 Å². The van der Waals surface area contributed by atoms with E-state index in [1.165, 1.54) is 12.8 Å². The van der Waals surface area contributed by atoms with Crippen molar-refractivity contribution >= 4 is 17.3 Å². The molecule has 0 aliphatic heterocycles. The number of anilines is 1. The van der Waals surface area contributed by atoms with E-state index in [0.29, 0.717) is 6.04 Å². The minimum Gasteiger partial charge on any atom is -0.381 e. The van der Waals surface area contributed by atoms with Crippen molar-refractivity contribution in [2.45, 2.75) is 32.7 Å². The number of benzene rings is 1. The first-order valence-electron chi connectivity index (χ1n) is 4.75. The molecule has 0 saturated heterocycles. The molecular weight excluding hydrogens is 182 g/mol. The van der Waals surface area contributed by atoms with Gasteiger partial charge >= 0.3 is 0 Å². The van der Waals surface area contributed by atoms with Gasteiger partial charge in [-0.15, -0.1) is 0 Å². The Morgan fingerprint density at radius 2 is 2.08 bits per heavy atom. The molecule has 0 bridgehead atoms. The molecule has 0 saturated carbocycles. The molecule has 1 nitrogen and oxygen atoms in total. The Morgan fingerprint density at radius 1 is 1.38 bits per heavy atom. The van der Waals surface area contributed by atoms with Crippen molar-refractivity contribution in [3.8, 4) is 0 Å². The van der Waals surface area contributed by atoms with Crippen LogP contribution < -0.4 is 5.32 Å². The standard InChI is InChI=1S/C11H16ClN/c1-3-6-9(2)13-11-8-5-4-7-10(11)12/h4-5,7-9,13H,3,6H2,1-2H3. The lowest BCUT2D eigenvalue weighted by Crippen LogP contribution is -2.14. The maximum absolute atomic E-state index is 6.01. The molecule has 0 fully saturated rings. The number of hydrogen-bond donors (Lipinski definition) is 1. The minimum absolute atomic E-state index is 0.491. The fraction of sp³-hybridized carbons (Fsp3) is 0.455. The minimum atomic E-state index is 0.491. The lowest BCUT2D eigenvalue weighted by Gasteiger charge is -2.14. The zero-order chi connectivity index (χ0) is 9.68. The topological polar surface area (TPSA) is 12.0 Å². The zero-order valence-electron chi connectivity index (χ0n) is 8.18. The molecule has 1 aromatic rings. The van der Waals surface area contributed by atoms with E-state index >= 15 is 0 Å². The Labute approximate surface area is 85.1 Å². The van der Waals surface area contributed by atoms with E-state index in [9.17, 15) is 0 Å². The van der Waals surface area contributed by atoms with Gasteiger partial charge in [-0.25, -0.2) is 0 Å². The number of rotatable bonds is 4. The third kappa shape index (κ3) is 3.27. The summed E-state index contributed by atoms with van der Waals surface area (Å²) in [5.74, 6) is 0. The summed E-state index contributed by atoms with van der Waals surface area (Å²) in [5.41, 5.74) is 1.03. The summed E-state index contributed by atoms with van der Waals surface area (Å²) >= 11 is 6.01. The van der Waals surface area contributed by atoms with E-state index in [1.807, 2.05) is 24.3 Å². The normalized spacial score (nSPS) is 12.5. The highest BCUT2D eigenvalue weighted by Crippen LogP contribution is 2.21. The second-order valence-electron chi connectivity index (χ2n) is 3.31. The highest BCUT2D eigenvalue weighted by atomic mass is 35.5. The number of halogens is 1. The molecule has 0 spiro atoms. The quantitative estimate of drug-likeness (QED) is 0.771. The summed E-state index contributed by atoms with van der Waals surface area (Å²) in [5, 5.41) is 4.18. The van der Waals surface area contributed by atoms with Crippen LogP contribution in [0.2, 0.25) is 5.02 Å². The average Bonchev–Trinajstić information content (AvgIpc) is 2.09. The number of para-hydroxylation sites is 1. The van der Waals surface area contributed by atoms with E-state index in [2.05, 4.69) is 19.2 Å². The van der Waals surface area contributed by atoms with E-state index in [4.69, 9.17) is 11.6 Å². The Kier molecular flexibility index (Phi) is 4.10. The molecular formula is C11H16ClN. The van der Waals surface area contributed by atoms with Crippen LogP contribution in [0.3, 0.4) is 0 Å². The molecule has 2 heteroatoms. The van der Waals surface area contributed by atoms with Crippen molar-refractivity contribution in [1.82, 2.24) is 0 Å². The summed E-state index contributed by atoms with van der Waals surface area (Å²) in [6.07, 6.45) is 2.36. The molecule has 0 amide bonds. The van der Waals surface area contributed by atoms with Crippen molar-refractivity contribution in [2.75, 3.05) is 5.32 Å². The van der Waals surface area contributed by atoms with Gasteiger partial charge in [-0.1, -0.05) is 37.1 Å². The molecule has 0 aliphatic carbocycles. The monoisotopic (exact) mass is 197 g/mol. The Balaban J connectivity index is 2.58. The van der Waals surface area contributed by atoms with E-state index in [0.717, 1.165) is 10.7 Å². The first-order valence-corrected chi connectivity index (χ1v) is 5.13. The molecule has 0 heterocycles. The summed E-state index contributed by atoms with van der Waals surface area (Å²) in [7, 11) is 0. The van der Waals surface area contributed by atoms with Gasteiger partial charge in [0.1, 0.15) is 0 Å². The summed E-state index contributed by atoms with van der Waals surface area (Å²) in [6, 6.07) is 8.34. The fourth-order valence-corrected chi connectivity index (χ4v) is 1.54. The van der Waals surface area contributed by atoms with Crippen LogP contribution in [0.5, 0.6) is 0 Å². The van der Waals surface area contributed by atoms with Crippen molar-refractivity contribution in [2.24, 2.45) is 0 Å². The van der Waals surface area contributed by atoms with Crippen LogP contribution in [-0.2, 0) is 0 Å². The summed E-state index contributed by atoms with van der Waals surface area (Å²) in [4.78, 5) is 0. The first-order chi connectivity index (χ1) is 6.24. The van der Waals surface area contributed by atoms with Crippen LogP contribution in [0.1, 0.15) is 26.7 Å². The van der Waals surface area contributed by atoms with Crippen LogP contribution >= 0.6 is 11.6 Å². The van der Waals surface area contributed by atoms with Gasteiger partial charge in [0, 0.05) is 6.04 Å². The molecule has 72 valence electrons. The number of hydrogen-bond acceptors (Lipinski definition) is 1. The highest BCUT2D eigenvalue weighted by Gasteiger charge is 2.02. The van der Waals surface area contributed by atoms with Gasteiger partial charge in [0.05, 0.1) is 10.7 Å². The maximum Gasteiger partial charge on any atom is 0.0637 e. The van der Waals surface area contributed by atoms with Gasteiger partial charge in [0.25, 0.3) is 0 Å². The third-order valence-corrected chi connectivity index (χ3v) is 2.33. The highest BCUT2D eigenvalue weighted by molar-refractivity contribution is 6.33. The molecule has 0 radical (unpaired) electrons. The van der Waals surface area contributed by atoms with Gasteiger partial charge in [0.2, 0.25) is 0 Å². The van der Waals surface area contributed by atoms with Gasteiger partial charge in [-0.2, -0.15) is 0 Å². The van der Waals surface area contributed by atoms with E-state index in [1.54, 1.807) is 0 Å². The van der Waals surface area contributed by atoms with Crippen LogP contribution in [0, 0.1) is 0 Å². The Bertz CT molecular complexity index is 260. The Hall–Kier alpha value is -0.690. The van der Waals surface area contributed by atoms with Crippen molar-refractivity contribution in [3.63, 3.8) is 0 Å². The lowest BCUT2D eigenvalue weighted by molar-refractivity contribution is 0.690. The average molecular weight is 198 g/mol. The van der Waals surface area contributed by atoms with Gasteiger partial charge in [-0.05, 0) is 25.5 Å². The molecule has 1 atom stereocenters. The second kappa shape index (κ2) is 5.13. The predicted molar refractivity (Wildman–Crippen MR) is 59.4 cm³/mol. The lowest BCUT2D eigenvalue weighted by atomic mass is 10.2. The number of nitrogens with one attached hydrogen (secondary N) is 1. The predicted octanol–water partition coefficient (Wildman–Crippen LogP) is 3.94. The van der Waals surface area contributed by atoms with Gasteiger partial charge < -0.3 is 5.32 Å². The summed E-state index contributed by atoms with van der Waals surface area (Å²) < 4.78 is 0. The van der Waals surface area contributed by atoms with Crippen LogP contribution in [0.15, 0.2) is 24.3 Å². The van der Waals surface area contributed by atoms with Crippen LogP contribution in [0.4, 0.5) is 5.69 Å². The Morgan fingerprint density at radius 3 is 2.69 bits per heavy atom. The third-order valence-electron chi connectivity index (χ3n) is 2.00. The van der Waals surface area contributed by atoms with E-state index in [-0.39, 0.29) is 0 Å². The summed E-state index contributed by atoms with van der Waals surface area (Å²) in [6.45, 7) is 4.36. The van der Waals surface area contributed by atoms with E-state index < -0.39 is 0 Å². The fourth-order valence-electron chi connectivity index (χ4n) is 1.35. The van der Waals surface area contributed by atoms with Gasteiger partial charge in [0.15, 0.2) is 0 Å². The molecule has 0 aromatic heterocycles. The molecule has 1 N–H and O–H groups in total. The molecule has 0 aliphatic rings. The maximum atomic E-state index is 6.01. The smallest absolute Gasteiger partial charge is 0.0637 e. The zero-order valence-corrected chi connectivity index (χ0v) is 8.93. The van der Waals surface area contributed by atoms with Crippen molar-refractivity contribution < 1.29 is 0 Å². The molecule has 13 heavy (non-hydrogen) atoms. The first kappa shape index (κ1) is 10.4. The molecule has 1 aromatic carbocycles. The SMILES string of the molecule is CCCC(C)Nc1ccccc1Cl. The second-order valence-corrected chi connectivity index (χ2v) is 3.72. The van der Waals surface area contributed by atoms with Crippen molar-refractivity contribution in [3.05, 3.63) is 29.3 Å².